The molecule has 4 rings (SSSR count). The maximum atomic E-state index is 14.2. The molecule has 8 heteroatoms. The second-order valence-electron chi connectivity index (χ2n) is 9.63. The van der Waals surface area contributed by atoms with E-state index in [2.05, 4.69) is 27.7 Å². The van der Waals surface area contributed by atoms with Crippen molar-refractivity contribution in [1.82, 2.24) is 10.2 Å². The minimum absolute atomic E-state index is 0.113. The highest BCUT2D eigenvalue weighted by atomic mass is 32.2. The van der Waals surface area contributed by atoms with Crippen LogP contribution in [0.15, 0.2) is 52.9 Å². The van der Waals surface area contributed by atoms with Gasteiger partial charge in [0.15, 0.2) is 0 Å². The number of hydrogen-bond acceptors (Lipinski definition) is 5. The Morgan fingerprint density at radius 3 is 2.45 bits per heavy atom. The Bertz CT molecular complexity index is 1140. The minimum Gasteiger partial charge on any atom is -0.457 e. The lowest BCUT2D eigenvalue weighted by atomic mass is 9.87. The number of benzene rings is 2. The molecule has 0 aromatic heterocycles. The maximum Gasteiger partial charge on any atom is 0.301 e. The summed E-state index contributed by atoms with van der Waals surface area (Å²) in [4.78, 5) is 2.31. The molecule has 0 bridgehead atoms. The second kappa shape index (κ2) is 9.06. The van der Waals surface area contributed by atoms with Gasteiger partial charge in [0.1, 0.15) is 16.7 Å². The predicted octanol–water partition coefficient (Wildman–Crippen LogP) is 4.52. The number of hydrogen-bond donors (Lipinski definition) is 1. The fourth-order valence-electron chi connectivity index (χ4n) is 4.88. The molecular weight excluding hydrogens is 441 g/mol. The van der Waals surface area contributed by atoms with Gasteiger partial charge in [0, 0.05) is 5.56 Å². The molecule has 0 spiro atoms. The molecule has 2 heterocycles. The predicted molar refractivity (Wildman–Crippen MR) is 128 cm³/mol. The molecule has 178 valence electrons. The van der Waals surface area contributed by atoms with Crippen molar-refractivity contribution in [2.45, 2.75) is 56.4 Å². The van der Waals surface area contributed by atoms with E-state index in [0.29, 0.717) is 17.0 Å². The van der Waals surface area contributed by atoms with E-state index >= 15 is 0 Å². The number of piperidine rings is 1. The lowest BCUT2D eigenvalue weighted by Crippen LogP contribution is -2.47. The third-order valence-electron chi connectivity index (χ3n) is 6.61. The molecule has 1 saturated heterocycles. The quantitative estimate of drug-likeness (QED) is 0.707. The van der Waals surface area contributed by atoms with Gasteiger partial charge >= 0.3 is 6.02 Å². The van der Waals surface area contributed by atoms with Crippen LogP contribution in [0.25, 0.3) is 0 Å². The van der Waals surface area contributed by atoms with Crippen LogP contribution in [0.3, 0.4) is 0 Å². The van der Waals surface area contributed by atoms with Crippen LogP contribution >= 0.6 is 0 Å². The van der Waals surface area contributed by atoms with Crippen LogP contribution in [0, 0.1) is 5.82 Å². The highest BCUT2D eigenvalue weighted by Crippen LogP contribution is 2.41. The van der Waals surface area contributed by atoms with Crippen molar-refractivity contribution in [2.75, 3.05) is 20.1 Å². The van der Waals surface area contributed by atoms with Gasteiger partial charge in [-0.1, -0.05) is 42.5 Å². The molecule has 6 nitrogen and oxygen atoms in total. The molecule has 2 aliphatic rings. The zero-order valence-electron chi connectivity index (χ0n) is 19.6. The minimum atomic E-state index is -3.93. The Kier molecular flexibility index (Phi) is 6.51. The van der Waals surface area contributed by atoms with Gasteiger partial charge < -0.3 is 15.0 Å². The Hall–Kier alpha value is -2.45. The van der Waals surface area contributed by atoms with Crippen LogP contribution in [0.2, 0.25) is 0 Å². The van der Waals surface area contributed by atoms with Gasteiger partial charge in [-0.25, -0.2) is 12.8 Å². The number of nitrogens with zero attached hydrogens (tertiary/aromatic N) is 2. The van der Waals surface area contributed by atoms with E-state index in [1.165, 1.54) is 6.07 Å². The van der Waals surface area contributed by atoms with E-state index in [1.807, 2.05) is 18.2 Å². The fraction of sp³-hybridized carbons (Fsp3) is 0.480. The van der Waals surface area contributed by atoms with Crippen LogP contribution in [-0.4, -0.2) is 45.1 Å². The lowest BCUT2D eigenvalue weighted by Gasteiger charge is -2.38. The molecule has 2 atom stereocenters. The van der Waals surface area contributed by atoms with E-state index in [-0.39, 0.29) is 11.8 Å². The number of halogens is 1. The van der Waals surface area contributed by atoms with E-state index in [0.717, 1.165) is 31.5 Å². The molecule has 0 aliphatic carbocycles. The molecule has 1 N–H and O–H groups in total. The Labute approximate surface area is 195 Å². The van der Waals surface area contributed by atoms with E-state index < -0.39 is 26.9 Å². The van der Waals surface area contributed by atoms with Crippen molar-refractivity contribution < 1.29 is 17.5 Å². The molecule has 0 saturated carbocycles. The van der Waals surface area contributed by atoms with Crippen molar-refractivity contribution in [3.63, 3.8) is 0 Å². The van der Waals surface area contributed by atoms with Crippen molar-refractivity contribution in [1.29, 1.82) is 0 Å². The summed E-state index contributed by atoms with van der Waals surface area (Å²) in [5.74, 6) is 0.0402. The average Bonchev–Trinajstić information content (AvgIpc) is 2.73. The molecule has 1 unspecified atom stereocenters. The van der Waals surface area contributed by atoms with E-state index in [1.54, 1.807) is 39.0 Å². The summed E-state index contributed by atoms with van der Waals surface area (Å²) in [6.07, 6.45) is 2.11. The molecule has 2 aromatic rings. The van der Waals surface area contributed by atoms with Gasteiger partial charge in [0.05, 0.1) is 6.04 Å². The van der Waals surface area contributed by atoms with Crippen molar-refractivity contribution in [2.24, 2.45) is 4.40 Å². The SMILES string of the molecule is C[C@H](NC1=NS(=O)(=O)C(c2cccc(C3CCN(C)CC3)c2)C(C)(C)O1)c1ccccc1F. The molecule has 1 fully saturated rings. The number of nitrogens with one attached hydrogen (secondary N) is 1. The first-order valence-electron chi connectivity index (χ1n) is 11.4. The summed E-state index contributed by atoms with van der Waals surface area (Å²) in [6, 6.07) is 13.6. The van der Waals surface area contributed by atoms with Crippen molar-refractivity contribution in [3.05, 3.63) is 71.0 Å². The molecule has 0 amide bonds. The summed E-state index contributed by atoms with van der Waals surface area (Å²) < 4.78 is 50.8. The first-order valence-corrected chi connectivity index (χ1v) is 12.9. The largest absolute Gasteiger partial charge is 0.457 e. The van der Waals surface area contributed by atoms with Crippen molar-refractivity contribution >= 4 is 16.0 Å². The van der Waals surface area contributed by atoms with Crippen LogP contribution in [0.1, 0.15) is 67.5 Å². The Morgan fingerprint density at radius 2 is 1.79 bits per heavy atom. The topological polar surface area (TPSA) is 71.0 Å². The lowest BCUT2D eigenvalue weighted by molar-refractivity contribution is 0.0768. The van der Waals surface area contributed by atoms with Crippen LogP contribution in [-0.2, 0) is 14.8 Å². The van der Waals surface area contributed by atoms with Gasteiger partial charge in [-0.15, -0.1) is 4.40 Å². The fourth-order valence-corrected chi connectivity index (χ4v) is 6.57. The monoisotopic (exact) mass is 473 g/mol. The maximum absolute atomic E-state index is 14.2. The summed E-state index contributed by atoms with van der Waals surface area (Å²) >= 11 is 0. The van der Waals surface area contributed by atoms with Crippen LogP contribution in [0.4, 0.5) is 4.39 Å². The molecular formula is C25H32FN3O3S. The highest BCUT2D eigenvalue weighted by molar-refractivity contribution is 7.90. The third kappa shape index (κ3) is 5.06. The van der Waals surface area contributed by atoms with Crippen LogP contribution in [0.5, 0.6) is 0 Å². The standard InChI is InChI=1S/C25H32FN3O3S/c1-17(21-10-5-6-11-22(21)26)27-24-28-33(30,31)23(25(2,3)32-24)20-9-7-8-19(16-20)18-12-14-29(4)15-13-18/h5-11,16-18,23H,12-15H2,1-4H3,(H,27,28)/t17-,23?/m0/s1. The molecule has 0 radical (unpaired) electrons. The average molecular weight is 474 g/mol. The Morgan fingerprint density at radius 1 is 1.12 bits per heavy atom. The van der Waals surface area contributed by atoms with Gasteiger partial charge in [-0.05, 0) is 76.9 Å². The smallest absolute Gasteiger partial charge is 0.301 e. The van der Waals surface area contributed by atoms with Gasteiger partial charge in [0.25, 0.3) is 10.0 Å². The van der Waals surface area contributed by atoms with Gasteiger partial charge in [-0.3, -0.25) is 0 Å². The summed E-state index contributed by atoms with van der Waals surface area (Å²) in [6.45, 7) is 7.31. The number of ether oxygens (including phenoxy) is 1. The molecule has 2 aliphatic heterocycles. The normalized spacial score (nSPS) is 23.9. The summed E-state index contributed by atoms with van der Waals surface area (Å²) in [5, 5.41) is 1.99. The summed E-state index contributed by atoms with van der Waals surface area (Å²) in [5.41, 5.74) is 1.18. The third-order valence-corrected chi connectivity index (χ3v) is 8.47. The van der Waals surface area contributed by atoms with E-state index in [4.69, 9.17) is 4.74 Å². The first kappa shape index (κ1) is 23.7. The number of amidine groups is 1. The Balaban J connectivity index is 1.60. The number of rotatable bonds is 4. The highest BCUT2D eigenvalue weighted by Gasteiger charge is 2.47. The molecule has 33 heavy (non-hydrogen) atoms. The second-order valence-corrected chi connectivity index (χ2v) is 11.3. The van der Waals surface area contributed by atoms with Crippen LogP contribution < -0.4 is 5.32 Å². The van der Waals surface area contributed by atoms with E-state index in [9.17, 15) is 12.8 Å². The van der Waals surface area contributed by atoms with Crippen molar-refractivity contribution in [3.8, 4) is 0 Å². The first-order chi connectivity index (χ1) is 15.6. The number of likely N-dealkylation sites (tertiary alicyclic amines) is 1. The zero-order valence-corrected chi connectivity index (χ0v) is 20.4. The van der Waals surface area contributed by atoms with Gasteiger partial charge in [-0.2, -0.15) is 0 Å². The molecule has 2 aromatic carbocycles. The number of sulfonamides is 1. The zero-order chi connectivity index (χ0) is 23.8. The van der Waals surface area contributed by atoms with Gasteiger partial charge in [0.2, 0.25) is 0 Å². The summed E-state index contributed by atoms with van der Waals surface area (Å²) in [7, 11) is -1.81.